The summed E-state index contributed by atoms with van der Waals surface area (Å²) in [7, 11) is 0. The summed E-state index contributed by atoms with van der Waals surface area (Å²) >= 11 is 0. The smallest absolute Gasteiger partial charge is 0.305 e. The lowest BCUT2D eigenvalue weighted by atomic mass is 10.1. The molecule has 0 radical (unpaired) electrons. The highest BCUT2D eigenvalue weighted by atomic mass is 16.6. The quantitative estimate of drug-likeness (QED) is 0.182. The summed E-state index contributed by atoms with van der Waals surface area (Å²) in [6.45, 7) is 3.08. The van der Waals surface area contributed by atoms with Crippen LogP contribution in [0.2, 0.25) is 0 Å². The summed E-state index contributed by atoms with van der Waals surface area (Å²) < 4.78 is 10.1. The van der Waals surface area contributed by atoms with E-state index in [4.69, 9.17) is 14.6 Å². The number of hydrogen-bond donors (Lipinski definition) is 2. The van der Waals surface area contributed by atoms with Crippen molar-refractivity contribution in [2.75, 3.05) is 26.4 Å². The maximum Gasteiger partial charge on any atom is 0.305 e. The molecule has 0 fully saturated rings. The van der Waals surface area contributed by atoms with Gasteiger partial charge in [0.15, 0.2) is 0 Å². The predicted molar refractivity (Wildman–Crippen MR) is 110 cm³/mol. The van der Waals surface area contributed by atoms with E-state index in [9.17, 15) is 9.90 Å². The normalized spacial score (nSPS) is 12.6. The zero-order valence-corrected chi connectivity index (χ0v) is 17.4. The van der Waals surface area contributed by atoms with Gasteiger partial charge in [-0.1, -0.05) is 64.0 Å². The summed E-state index contributed by atoms with van der Waals surface area (Å²) in [5.41, 5.74) is 0. The molecule has 27 heavy (non-hydrogen) atoms. The van der Waals surface area contributed by atoms with Gasteiger partial charge in [0, 0.05) is 6.42 Å². The van der Waals surface area contributed by atoms with Gasteiger partial charge in [0.1, 0.15) is 6.61 Å². The Balaban J connectivity index is 3.30. The van der Waals surface area contributed by atoms with Crippen LogP contribution in [0.4, 0.5) is 0 Å². The Morgan fingerprint density at radius 1 is 0.926 bits per heavy atom. The van der Waals surface area contributed by atoms with E-state index in [1.54, 1.807) is 0 Å². The SMILES string of the molecule is CCCCCCC(O)CC=CCCCCCCCC(=O)OCCOCCO. The first-order chi connectivity index (χ1) is 13.2. The van der Waals surface area contributed by atoms with Crippen LogP contribution in [-0.4, -0.2) is 48.7 Å². The first-order valence-corrected chi connectivity index (χ1v) is 10.9. The van der Waals surface area contributed by atoms with Crippen molar-refractivity contribution in [2.45, 2.75) is 96.5 Å². The van der Waals surface area contributed by atoms with Crippen molar-refractivity contribution in [3.8, 4) is 0 Å². The van der Waals surface area contributed by atoms with Crippen LogP contribution in [0.5, 0.6) is 0 Å². The minimum atomic E-state index is -0.181. The Hall–Kier alpha value is -0.910. The largest absolute Gasteiger partial charge is 0.463 e. The molecule has 5 nitrogen and oxygen atoms in total. The Bertz CT molecular complexity index is 344. The van der Waals surface area contributed by atoms with E-state index < -0.39 is 0 Å². The molecule has 0 saturated heterocycles. The van der Waals surface area contributed by atoms with Gasteiger partial charge in [-0.05, 0) is 32.1 Å². The average molecular weight is 387 g/mol. The highest BCUT2D eigenvalue weighted by Gasteiger charge is 2.02. The lowest BCUT2D eigenvalue weighted by Crippen LogP contribution is -2.11. The molecule has 0 aliphatic heterocycles. The van der Waals surface area contributed by atoms with Crippen LogP contribution in [0.3, 0.4) is 0 Å². The maximum atomic E-state index is 11.5. The third-order valence-corrected chi connectivity index (χ3v) is 4.44. The number of esters is 1. The molecule has 0 amide bonds. The lowest BCUT2D eigenvalue weighted by molar-refractivity contribution is -0.145. The zero-order chi connectivity index (χ0) is 20.0. The van der Waals surface area contributed by atoms with Crippen molar-refractivity contribution < 1.29 is 24.5 Å². The number of carbonyl (C=O) groups excluding carboxylic acids is 1. The van der Waals surface area contributed by atoms with E-state index in [0.29, 0.717) is 13.0 Å². The summed E-state index contributed by atoms with van der Waals surface area (Å²) in [5, 5.41) is 18.4. The van der Waals surface area contributed by atoms with Gasteiger partial charge in [-0.15, -0.1) is 0 Å². The molecule has 0 bridgehead atoms. The van der Waals surface area contributed by atoms with Gasteiger partial charge in [0.25, 0.3) is 0 Å². The number of aliphatic hydroxyl groups is 2. The van der Waals surface area contributed by atoms with Crippen molar-refractivity contribution in [1.82, 2.24) is 0 Å². The second-order valence-electron chi connectivity index (χ2n) is 7.07. The van der Waals surface area contributed by atoms with Gasteiger partial charge in [-0.25, -0.2) is 0 Å². The summed E-state index contributed by atoms with van der Waals surface area (Å²) in [5.74, 6) is -0.168. The standard InChI is InChI=1S/C22H42O5/c1-2-3-4-11-14-21(24)15-12-9-7-5-6-8-10-13-16-22(25)27-20-19-26-18-17-23/h9,12,21,23-24H,2-8,10-11,13-20H2,1H3. The van der Waals surface area contributed by atoms with Gasteiger partial charge in [-0.2, -0.15) is 0 Å². The third kappa shape index (κ3) is 21.2. The van der Waals surface area contributed by atoms with Crippen molar-refractivity contribution in [3.63, 3.8) is 0 Å². The maximum absolute atomic E-state index is 11.5. The van der Waals surface area contributed by atoms with Gasteiger partial charge in [-0.3, -0.25) is 4.79 Å². The average Bonchev–Trinajstić information content (AvgIpc) is 2.66. The van der Waals surface area contributed by atoms with E-state index >= 15 is 0 Å². The van der Waals surface area contributed by atoms with E-state index in [0.717, 1.165) is 51.4 Å². The van der Waals surface area contributed by atoms with Gasteiger partial charge in [0.2, 0.25) is 0 Å². The first-order valence-electron chi connectivity index (χ1n) is 10.9. The van der Waals surface area contributed by atoms with Crippen LogP contribution in [-0.2, 0) is 14.3 Å². The molecule has 0 aromatic carbocycles. The van der Waals surface area contributed by atoms with Crippen LogP contribution in [0.15, 0.2) is 12.2 Å². The fraction of sp³-hybridized carbons (Fsp3) is 0.864. The molecule has 2 N–H and O–H groups in total. The Morgan fingerprint density at radius 3 is 2.44 bits per heavy atom. The Kier molecular flexibility index (Phi) is 20.7. The Labute approximate surface area is 166 Å². The van der Waals surface area contributed by atoms with E-state index in [2.05, 4.69) is 19.1 Å². The molecular formula is C22H42O5. The van der Waals surface area contributed by atoms with Gasteiger partial charge in [0.05, 0.1) is 25.9 Å². The van der Waals surface area contributed by atoms with Crippen LogP contribution in [0.1, 0.15) is 90.4 Å². The molecule has 0 aromatic rings. The minimum absolute atomic E-state index is 0.00911. The molecule has 0 saturated carbocycles. The number of ether oxygens (including phenoxy) is 2. The minimum Gasteiger partial charge on any atom is -0.463 e. The molecule has 0 aromatic heterocycles. The predicted octanol–water partition coefficient (Wildman–Crippen LogP) is 4.55. The molecule has 1 unspecified atom stereocenters. The van der Waals surface area contributed by atoms with E-state index in [1.807, 2.05) is 0 Å². The van der Waals surface area contributed by atoms with Gasteiger partial charge < -0.3 is 19.7 Å². The fourth-order valence-corrected chi connectivity index (χ4v) is 2.81. The summed E-state index contributed by atoms with van der Waals surface area (Å²) in [4.78, 5) is 11.5. The molecule has 1 atom stereocenters. The van der Waals surface area contributed by atoms with Crippen molar-refractivity contribution in [1.29, 1.82) is 0 Å². The number of aliphatic hydroxyl groups excluding tert-OH is 2. The van der Waals surface area contributed by atoms with Crippen molar-refractivity contribution >= 4 is 5.97 Å². The number of hydrogen-bond acceptors (Lipinski definition) is 5. The fourth-order valence-electron chi connectivity index (χ4n) is 2.81. The van der Waals surface area contributed by atoms with Crippen molar-refractivity contribution in [2.24, 2.45) is 0 Å². The van der Waals surface area contributed by atoms with Crippen LogP contribution in [0, 0.1) is 0 Å². The van der Waals surface area contributed by atoms with E-state index in [1.165, 1.54) is 25.7 Å². The molecule has 0 aliphatic rings. The summed E-state index contributed by atoms with van der Waals surface area (Å²) in [6, 6.07) is 0. The van der Waals surface area contributed by atoms with E-state index in [-0.39, 0.29) is 31.9 Å². The van der Waals surface area contributed by atoms with Crippen LogP contribution in [0.25, 0.3) is 0 Å². The summed E-state index contributed by atoms with van der Waals surface area (Å²) in [6.07, 6.45) is 17.6. The van der Waals surface area contributed by atoms with Crippen LogP contribution >= 0.6 is 0 Å². The molecule has 0 heterocycles. The second-order valence-corrected chi connectivity index (χ2v) is 7.07. The van der Waals surface area contributed by atoms with Crippen molar-refractivity contribution in [3.05, 3.63) is 12.2 Å². The van der Waals surface area contributed by atoms with Crippen LogP contribution < -0.4 is 0 Å². The number of rotatable bonds is 20. The molecule has 0 rings (SSSR count). The highest BCUT2D eigenvalue weighted by Crippen LogP contribution is 2.10. The Morgan fingerprint density at radius 2 is 1.67 bits per heavy atom. The zero-order valence-electron chi connectivity index (χ0n) is 17.4. The number of allylic oxidation sites excluding steroid dienone is 1. The molecule has 5 heteroatoms. The van der Waals surface area contributed by atoms with Gasteiger partial charge >= 0.3 is 5.97 Å². The highest BCUT2D eigenvalue weighted by molar-refractivity contribution is 5.69. The third-order valence-electron chi connectivity index (χ3n) is 4.44. The monoisotopic (exact) mass is 386 g/mol. The number of carbonyl (C=O) groups is 1. The molecule has 0 aliphatic carbocycles. The lowest BCUT2D eigenvalue weighted by Gasteiger charge is -2.07. The topological polar surface area (TPSA) is 76.0 Å². The molecular weight excluding hydrogens is 344 g/mol. The first kappa shape index (κ1) is 26.1. The molecule has 0 spiro atoms. The second kappa shape index (κ2) is 21.4. The number of unbranched alkanes of at least 4 members (excludes halogenated alkanes) is 8. The molecule has 160 valence electrons.